The van der Waals surface area contributed by atoms with Gasteiger partial charge in [0.25, 0.3) is 0 Å². The third-order valence-corrected chi connectivity index (χ3v) is 7.77. The van der Waals surface area contributed by atoms with Crippen molar-refractivity contribution < 1.29 is 28.7 Å². The number of carbonyl (C=O) groups is 2. The molecular formula is C29H33N3O6. The first-order valence-corrected chi connectivity index (χ1v) is 13.0. The molecule has 0 bridgehead atoms. The standard InChI is InChI=1S/C29H33N3O6/c1-18-25(30-28(35)37-19(2)20-7-5-4-6-8-20)26(38-31-18)21-11-15-32(16-12-21)23-10-9-22(17-24(23)36-3)29(13-14-29)27(33)34/h4-10,17,19,21H,11-16H2,1-3H3,(H,30,35)(H,33,34)/t19-/m1/s1. The summed E-state index contributed by atoms with van der Waals surface area (Å²) >= 11 is 0. The molecule has 1 aliphatic heterocycles. The fraction of sp³-hybridized carbons (Fsp3) is 0.414. The minimum Gasteiger partial charge on any atom is -0.495 e. The fourth-order valence-corrected chi connectivity index (χ4v) is 5.27. The first-order chi connectivity index (χ1) is 18.3. The lowest BCUT2D eigenvalue weighted by molar-refractivity contribution is -0.140. The summed E-state index contributed by atoms with van der Waals surface area (Å²) < 4.78 is 16.9. The van der Waals surface area contributed by atoms with Gasteiger partial charge in [-0.05, 0) is 62.8 Å². The van der Waals surface area contributed by atoms with Gasteiger partial charge in [0, 0.05) is 19.0 Å². The first-order valence-electron chi connectivity index (χ1n) is 13.0. The summed E-state index contributed by atoms with van der Waals surface area (Å²) in [4.78, 5) is 26.7. The van der Waals surface area contributed by atoms with Crippen molar-refractivity contribution in [1.82, 2.24) is 5.16 Å². The van der Waals surface area contributed by atoms with Crippen LogP contribution >= 0.6 is 0 Å². The van der Waals surface area contributed by atoms with E-state index in [1.165, 1.54) is 0 Å². The molecule has 5 rings (SSSR count). The molecule has 1 saturated heterocycles. The molecule has 1 aliphatic carbocycles. The molecule has 3 aromatic rings. The Morgan fingerprint density at radius 3 is 2.50 bits per heavy atom. The summed E-state index contributed by atoms with van der Waals surface area (Å²) in [5, 5.41) is 16.6. The average Bonchev–Trinajstić information content (AvgIpc) is 3.68. The number of hydrogen-bond donors (Lipinski definition) is 2. The van der Waals surface area contributed by atoms with Crippen LogP contribution in [0.15, 0.2) is 53.1 Å². The number of ether oxygens (including phenoxy) is 2. The normalized spacial score (nSPS) is 17.5. The van der Waals surface area contributed by atoms with Crippen LogP contribution in [0.2, 0.25) is 0 Å². The lowest BCUT2D eigenvalue weighted by atomic mass is 9.92. The Kier molecular flexibility index (Phi) is 7.01. The summed E-state index contributed by atoms with van der Waals surface area (Å²) in [5.74, 6) is 0.645. The molecule has 2 heterocycles. The highest BCUT2D eigenvalue weighted by Gasteiger charge is 2.52. The zero-order chi connectivity index (χ0) is 26.9. The van der Waals surface area contributed by atoms with Crippen LogP contribution in [0.5, 0.6) is 5.75 Å². The van der Waals surface area contributed by atoms with Crippen LogP contribution in [0.3, 0.4) is 0 Å². The van der Waals surface area contributed by atoms with E-state index in [-0.39, 0.29) is 5.92 Å². The van der Waals surface area contributed by atoms with Crippen LogP contribution in [0.4, 0.5) is 16.2 Å². The number of amides is 1. The molecule has 1 saturated carbocycles. The van der Waals surface area contributed by atoms with Gasteiger partial charge in [0.2, 0.25) is 0 Å². The second-order valence-corrected chi connectivity index (χ2v) is 10.1. The highest BCUT2D eigenvalue weighted by atomic mass is 16.6. The SMILES string of the molecule is COc1cc(C2(C(=O)O)CC2)ccc1N1CCC(c2onc(C)c2NC(=O)O[C@H](C)c2ccccc2)CC1. The van der Waals surface area contributed by atoms with E-state index in [2.05, 4.69) is 15.4 Å². The number of nitrogens with one attached hydrogen (secondary N) is 1. The Bertz CT molecular complexity index is 1310. The highest BCUT2D eigenvalue weighted by Crippen LogP contribution is 2.50. The summed E-state index contributed by atoms with van der Waals surface area (Å²) in [6.07, 6.45) is 1.95. The van der Waals surface area contributed by atoms with E-state index in [9.17, 15) is 14.7 Å². The van der Waals surface area contributed by atoms with Crippen molar-refractivity contribution in [2.45, 2.75) is 57.0 Å². The minimum atomic E-state index is -0.779. The Morgan fingerprint density at radius 1 is 1.16 bits per heavy atom. The van der Waals surface area contributed by atoms with E-state index in [0.29, 0.717) is 35.7 Å². The van der Waals surface area contributed by atoms with E-state index in [1.54, 1.807) is 14.0 Å². The van der Waals surface area contributed by atoms with Gasteiger partial charge < -0.3 is 24.0 Å². The molecule has 2 aromatic carbocycles. The van der Waals surface area contributed by atoms with Crippen molar-refractivity contribution >= 4 is 23.4 Å². The number of aromatic nitrogens is 1. The summed E-state index contributed by atoms with van der Waals surface area (Å²) in [6.45, 7) is 5.13. The summed E-state index contributed by atoms with van der Waals surface area (Å²) in [6, 6.07) is 15.3. The molecule has 1 aromatic heterocycles. The number of aryl methyl sites for hydroxylation is 1. The maximum absolute atomic E-state index is 12.7. The van der Waals surface area contributed by atoms with E-state index in [0.717, 1.165) is 42.7 Å². The van der Waals surface area contributed by atoms with E-state index in [1.807, 2.05) is 55.5 Å². The van der Waals surface area contributed by atoms with Crippen LogP contribution in [0, 0.1) is 6.92 Å². The Labute approximate surface area is 221 Å². The number of anilines is 2. The molecule has 0 unspecified atom stereocenters. The highest BCUT2D eigenvalue weighted by molar-refractivity contribution is 5.86. The molecule has 9 heteroatoms. The predicted molar refractivity (Wildman–Crippen MR) is 142 cm³/mol. The van der Waals surface area contributed by atoms with Crippen LogP contribution in [-0.4, -0.2) is 42.5 Å². The quantitative estimate of drug-likeness (QED) is 0.384. The van der Waals surface area contributed by atoms with E-state index < -0.39 is 23.6 Å². The predicted octanol–water partition coefficient (Wildman–Crippen LogP) is 5.80. The maximum Gasteiger partial charge on any atom is 0.412 e. The number of carboxylic acids is 1. The van der Waals surface area contributed by atoms with Crippen LogP contribution in [0.1, 0.15) is 67.2 Å². The number of carbonyl (C=O) groups excluding carboxylic acids is 1. The van der Waals surface area contributed by atoms with E-state index >= 15 is 0 Å². The number of carboxylic acid groups (broad SMARTS) is 1. The molecule has 2 aliphatic rings. The number of benzene rings is 2. The van der Waals surface area contributed by atoms with Crippen molar-refractivity contribution in [2.24, 2.45) is 0 Å². The van der Waals surface area contributed by atoms with Gasteiger partial charge in [-0.3, -0.25) is 10.1 Å². The third kappa shape index (κ3) is 4.92. The lowest BCUT2D eigenvalue weighted by Gasteiger charge is -2.34. The van der Waals surface area contributed by atoms with Crippen molar-refractivity contribution in [3.8, 4) is 5.75 Å². The van der Waals surface area contributed by atoms with Gasteiger partial charge in [0.15, 0.2) is 5.76 Å². The van der Waals surface area contributed by atoms with Gasteiger partial charge in [-0.2, -0.15) is 0 Å². The molecule has 9 nitrogen and oxygen atoms in total. The topological polar surface area (TPSA) is 114 Å². The minimum absolute atomic E-state index is 0.0845. The molecule has 1 atom stereocenters. The summed E-state index contributed by atoms with van der Waals surface area (Å²) in [5.41, 5.74) is 3.06. The third-order valence-electron chi connectivity index (χ3n) is 7.77. The zero-order valence-electron chi connectivity index (χ0n) is 21.9. The van der Waals surface area contributed by atoms with Crippen molar-refractivity contribution in [3.63, 3.8) is 0 Å². The van der Waals surface area contributed by atoms with Gasteiger partial charge in [-0.15, -0.1) is 0 Å². The van der Waals surface area contributed by atoms with Gasteiger partial charge >= 0.3 is 12.1 Å². The Hall–Kier alpha value is -4.01. The fourth-order valence-electron chi connectivity index (χ4n) is 5.27. The van der Waals surface area contributed by atoms with Gasteiger partial charge in [0.1, 0.15) is 23.2 Å². The number of rotatable bonds is 8. The van der Waals surface area contributed by atoms with Gasteiger partial charge in [0.05, 0.1) is 18.2 Å². The summed E-state index contributed by atoms with van der Waals surface area (Å²) in [7, 11) is 1.61. The smallest absolute Gasteiger partial charge is 0.412 e. The maximum atomic E-state index is 12.7. The van der Waals surface area contributed by atoms with Crippen molar-refractivity contribution in [3.05, 3.63) is 71.1 Å². The van der Waals surface area contributed by atoms with Crippen LogP contribution < -0.4 is 15.0 Å². The first kappa shape index (κ1) is 25.6. The Balaban J connectivity index is 1.24. The van der Waals surface area contributed by atoms with Crippen LogP contribution in [0.25, 0.3) is 0 Å². The zero-order valence-corrected chi connectivity index (χ0v) is 21.9. The molecule has 38 heavy (non-hydrogen) atoms. The molecule has 1 amide bonds. The number of methoxy groups -OCH3 is 1. The largest absolute Gasteiger partial charge is 0.495 e. The average molecular weight is 520 g/mol. The van der Waals surface area contributed by atoms with Gasteiger partial charge in [-0.25, -0.2) is 4.79 Å². The molecule has 200 valence electrons. The lowest BCUT2D eigenvalue weighted by Crippen LogP contribution is -2.33. The number of nitrogens with zero attached hydrogens (tertiary/aromatic N) is 2. The number of hydrogen-bond acceptors (Lipinski definition) is 7. The van der Waals surface area contributed by atoms with Crippen molar-refractivity contribution in [2.75, 3.05) is 30.4 Å². The number of aliphatic carboxylic acids is 1. The second-order valence-electron chi connectivity index (χ2n) is 10.1. The number of piperidine rings is 1. The van der Waals surface area contributed by atoms with Crippen molar-refractivity contribution in [1.29, 1.82) is 0 Å². The van der Waals surface area contributed by atoms with E-state index in [4.69, 9.17) is 14.0 Å². The molecular weight excluding hydrogens is 486 g/mol. The molecule has 2 fully saturated rings. The molecule has 0 spiro atoms. The Morgan fingerprint density at radius 2 is 1.87 bits per heavy atom. The monoisotopic (exact) mass is 519 g/mol. The molecule has 2 N–H and O–H groups in total. The second kappa shape index (κ2) is 10.4. The van der Waals surface area contributed by atoms with Crippen LogP contribution in [-0.2, 0) is 14.9 Å². The molecule has 0 radical (unpaired) electrons. The van der Waals surface area contributed by atoms with Gasteiger partial charge in [-0.1, -0.05) is 41.6 Å².